The number of hydrogen-bond acceptors (Lipinski definition) is 4. The Labute approximate surface area is 105 Å². The van der Waals surface area contributed by atoms with Crippen molar-refractivity contribution in [2.75, 3.05) is 25.2 Å². The van der Waals surface area contributed by atoms with Crippen LogP contribution in [0.3, 0.4) is 0 Å². The monoisotopic (exact) mass is 256 g/mol. The lowest BCUT2D eigenvalue weighted by Gasteiger charge is -2.06. The SMILES string of the molecule is COc1ccc(OCCSCCC(=O)O)cc1. The number of carbonyl (C=O) groups is 1. The van der Waals surface area contributed by atoms with Gasteiger partial charge in [0, 0.05) is 11.5 Å². The zero-order valence-electron chi connectivity index (χ0n) is 9.72. The summed E-state index contributed by atoms with van der Waals surface area (Å²) in [5.41, 5.74) is 0. The van der Waals surface area contributed by atoms with Gasteiger partial charge in [-0.2, -0.15) is 11.8 Å². The summed E-state index contributed by atoms with van der Waals surface area (Å²) in [5.74, 6) is 2.26. The maximum atomic E-state index is 10.3. The highest BCUT2D eigenvalue weighted by atomic mass is 32.2. The van der Waals surface area contributed by atoms with Gasteiger partial charge in [0.25, 0.3) is 0 Å². The van der Waals surface area contributed by atoms with E-state index in [-0.39, 0.29) is 6.42 Å². The molecule has 1 rings (SSSR count). The topological polar surface area (TPSA) is 55.8 Å². The third-order valence-corrected chi connectivity index (χ3v) is 2.96. The van der Waals surface area contributed by atoms with Crippen LogP contribution in [0.2, 0.25) is 0 Å². The predicted octanol–water partition coefficient (Wildman–Crippen LogP) is 2.28. The number of carboxylic acid groups (broad SMARTS) is 1. The number of carboxylic acids is 1. The summed E-state index contributed by atoms with van der Waals surface area (Å²) in [6.45, 7) is 0.580. The molecular weight excluding hydrogens is 240 g/mol. The lowest BCUT2D eigenvalue weighted by atomic mass is 10.3. The van der Waals surface area contributed by atoms with Gasteiger partial charge in [-0.15, -0.1) is 0 Å². The second kappa shape index (κ2) is 7.84. The highest BCUT2D eigenvalue weighted by Gasteiger charge is 1.98. The molecule has 17 heavy (non-hydrogen) atoms. The number of methoxy groups -OCH3 is 1. The fourth-order valence-electron chi connectivity index (χ4n) is 1.15. The first-order valence-corrected chi connectivity index (χ1v) is 6.44. The Balaban J connectivity index is 2.11. The van der Waals surface area contributed by atoms with Gasteiger partial charge in [-0.25, -0.2) is 0 Å². The molecule has 1 aromatic rings. The van der Waals surface area contributed by atoms with Crippen LogP contribution in [0.15, 0.2) is 24.3 Å². The van der Waals surface area contributed by atoms with Crippen molar-refractivity contribution in [2.45, 2.75) is 6.42 Å². The van der Waals surface area contributed by atoms with E-state index in [4.69, 9.17) is 14.6 Å². The van der Waals surface area contributed by atoms with Crippen LogP contribution in [-0.4, -0.2) is 36.3 Å². The van der Waals surface area contributed by atoms with Crippen molar-refractivity contribution >= 4 is 17.7 Å². The minimum absolute atomic E-state index is 0.202. The molecule has 0 amide bonds. The van der Waals surface area contributed by atoms with Crippen molar-refractivity contribution < 1.29 is 19.4 Å². The zero-order chi connectivity index (χ0) is 12.5. The number of ether oxygens (including phenoxy) is 2. The van der Waals surface area contributed by atoms with Gasteiger partial charge in [0.2, 0.25) is 0 Å². The van der Waals surface area contributed by atoms with Gasteiger partial charge < -0.3 is 14.6 Å². The fourth-order valence-corrected chi connectivity index (χ4v) is 1.88. The van der Waals surface area contributed by atoms with Crippen LogP contribution in [0.5, 0.6) is 11.5 Å². The number of rotatable bonds is 8. The van der Waals surface area contributed by atoms with Crippen LogP contribution in [0.25, 0.3) is 0 Å². The number of thioether (sulfide) groups is 1. The molecular formula is C12H16O4S. The zero-order valence-corrected chi connectivity index (χ0v) is 10.5. The molecule has 0 saturated heterocycles. The molecule has 0 fully saturated rings. The summed E-state index contributed by atoms with van der Waals surface area (Å²) in [6, 6.07) is 7.38. The van der Waals surface area contributed by atoms with E-state index in [1.807, 2.05) is 24.3 Å². The minimum Gasteiger partial charge on any atom is -0.497 e. The lowest BCUT2D eigenvalue weighted by molar-refractivity contribution is -0.136. The van der Waals surface area contributed by atoms with E-state index in [2.05, 4.69) is 0 Å². The summed E-state index contributed by atoms with van der Waals surface area (Å²) in [5, 5.41) is 8.44. The van der Waals surface area contributed by atoms with Crippen molar-refractivity contribution in [3.05, 3.63) is 24.3 Å². The Morgan fingerprint density at radius 3 is 2.47 bits per heavy atom. The van der Waals surface area contributed by atoms with E-state index in [1.54, 1.807) is 18.9 Å². The third-order valence-electron chi connectivity index (χ3n) is 2.02. The summed E-state index contributed by atoms with van der Waals surface area (Å²) in [6.07, 6.45) is 0.202. The first kappa shape index (κ1) is 13.7. The van der Waals surface area contributed by atoms with Gasteiger partial charge in [-0.3, -0.25) is 4.79 Å². The second-order valence-corrected chi connectivity index (χ2v) is 4.50. The van der Waals surface area contributed by atoms with Crippen LogP contribution >= 0.6 is 11.8 Å². The van der Waals surface area contributed by atoms with Crippen molar-refractivity contribution in [3.8, 4) is 11.5 Å². The maximum absolute atomic E-state index is 10.3. The molecule has 1 N–H and O–H groups in total. The van der Waals surface area contributed by atoms with Crippen LogP contribution < -0.4 is 9.47 Å². The van der Waals surface area contributed by atoms with Gasteiger partial charge in [-0.1, -0.05) is 0 Å². The van der Waals surface area contributed by atoms with Gasteiger partial charge in [0.15, 0.2) is 0 Å². The summed E-state index contributed by atoms with van der Waals surface area (Å²) in [4.78, 5) is 10.3. The molecule has 5 heteroatoms. The van der Waals surface area contributed by atoms with Crippen molar-refractivity contribution in [1.29, 1.82) is 0 Å². The molecule has 0 radical (unpaired) electrons. The van der Waals surface area contributed by atoms with Crippen molar-refractivity contribution in [1.82, 2.24) is 0 Å². The highest BCUT2D eigenvalue weighted by Crippen LogP contribution is 2.17. The maximum Gasteiger partial charge on any atom is 0.304 e. The fraction of sp³-hybridized carbons (Fsp3) is 0.417. The Bertz CT molecular complexity index is 337. The lowest BCUT2D eigenvalue weighted by Crippen LogP contribution is -2.02. The highest BCUT2D eigenvalue weighted by molar-refractivity contribution is 7.99. The first-order chi connectivity index (χ1) is 8.22. The molecule has 1 aromatic carbocycles. The van der Waals surface area contributed by atoms with Crippen molar-refractivity contribution in [3.63, 3.8) is 0 Å². The summed E-state index contributed by atoms with van der Waals surface area (Å²) < 4.78 is 10.5. The molecule has 0 atom stereocenters. The van der Waals surface area contributed by atoms with E-state index < -0.39 is 5.97 Å². The van der Waals surface area contributed by atoms with Gasteiger partial charge in [-0.05, 0) is 24.3 Å². The smallest absolute Gasteiger partial charge is 0.304 e. The van der Waals surface area contributed by atoms with Crippen molar-refractivity contribution in [2.24, 2.45) is 0 Å². The minimum atomic E-state index is -0.756. The van der Waals surface area contributed by atoms with Crippen LogP contribution in [0.4, 0.5) is 0 Å². The molecule has 0 heterocycles. The Morgan fingerprint density at radius 1 is 1.24 bits per heavy atom. The molecule has 0 unspecified atom stereocenters. The third kappa shape index (κ3) is 6.06. The number of aliphatic carboxylic acids is 1. The predicted molar refractivity (Wildman–Crippen MR) is 68.1 cm³/mol. The Morgan fingerprint density at radius 2 is 1.88 bits per heavy atom. The number of benzene rings is 1. The van der Waals surface area contributed by atoms with Gasteiger partial charge in [0.1, 0.15) is 11.5 Å². The van der Waals surface area contributed by atoms with Gasteiger partial charge in [0.05, 0.1) is 20.1 Å². The quantitative estimate of drug-likeness (QED) is 0.723. The summed E-state index contributed by atoms with van der Waals surface area (Å²) >= 11 is 1.58. The van der Waals surface area contributed by atoms with E-state index in [1.165, 1.54) is 0 Å². The normalized spacial score (nSPS) is 9.94. The van der Waals surface area contributed by atoms with E-state index in [0.29, 0.717) is 12.4 Å². The molecule has 0 aliphatic heterocycles. The molecule has 0 saturated carbocycles. The molecule has 0 bridgehead atoms. The van der Waals surface area contributed by atoms with Crippen LogP contribution in [-0.2, 0) is 4.79 Å². The number of hydrogen-bond donors (Lipinski definition) is 1. The molecule has 0 aromatic heterocycles. The Hall–Kier alpha value is -1.36. The van der Waals surface area contributed by atoms with Crippen LogP contribution in [0.1, 0.15) is 6.42 Å². The molecule has 0 spiro atoms. The van der Waals surface area contributed by atoms with E-state index in [9.17, 15) is 4.79 Å². The molecule has 0 aliphatic rings. The van der Waals surface area contributed by atoms with Crippen LogP contribution in [0, 0.1) is 0 Å². The average molecular weight is 256 g/mol. The van der Waals surface area contributed by atoms with E-state index >= 15 is 0 Å². The summed E-state index contributed by atoms with van der Waals surface area (Å²) in [7, 11) is 1.62. The molecule has 0 aliphatic carbocycles. The van der Waals surface area contributed by atoms with Gasteiger partial charge >= 0.3 is 5.97 Å². The van der Waals surface area contributed by atoms with E-state index in [0.717, 1.165) is 17.3 Å². The first-order valence-electron chi connectivity index (χ1n) is 5.29. The molecule has 4 nitrogen and oxygen atoms in total. The molecule has 94 valence electrons. The second-order valence-electron chi connectivity index (χ2n) is 3.28. The Kier molecular flexibility index (Phi) is 6.32. The largest absolute Gasteiger partial charge is 0.497 e. The average Bonchev–Trinajstić information content (AvgIpc) is 2.34. The standard InChI is InChI=1S/C12H16O4S/c1-15-10-2-4-11(5-3-10)16-7-9-17-8-6-12(13)14/h2-5H,6-9H2,1H3,(H,13,14).